The van der Waals surface area contributed by atoms with E-state index >= 15 is 0 Å². The molecule has 1 saturated carbocycles. The van der Waals surface area contributed by atoms with Crippen LogP contribution in [-0.4, -0.2) is 38.9 Å². The lowest BCUT2D eigenvalue weighted by atomic mass is 9.89. The average molecular weight is 444 g/mol. The Hall–Kier alpha value is -2.16. The molecule has 3 atom stereocenters. The highest BCUT2D eigenvalue weighted by atomic mass is 32.2. The van der Waals surface area contributed by atoms with Gasteiger partial charge in [0.2, 0.25) is 0 Å². The van der Waals surface area contributed by atoms with Crippen molar-refractivity contribution in [3.8, 4) is 16.3 Å². The molecule has 1 saturated heterocycles. The molecule has 2 fully saturated rings. The van der Waals surface area contributed by atoms with Crippen molar-refractivity contribution in [1.82, 2.24) is 10.3 Å². The maximum atomic E-state index is 12.5. The van der Waals surface area contributed by atoms with Gasteiger partial charge in [-0.15, -0.1) is 11.3 Å². The van der Waals surface area contributed by atoms with Crippen molar-refractivity contribution in [2.45, 2.75) is 32.7 Å². The number of nitrogens with zero attached hydrogens (tertiary/aromatic N) is 2. The molecule has 1 aliphatic heterocycles. The summed E-state index contributed by atoms with van der Waals surface area (Å²) in [6, 6.07) is 7.10. The van der Waals surface area contributed by atoms with E-state index in [2.05, 4.69) is 24.1 Å². The highest BCUT2D eigenvalue weighted by molar-refractivity contribution is 8.18. The molecule has 0 unspecified atom stereocenters. The first-order chi connectivity index (χ1) is 14.5. The molecular weight excluding hydrogens is 418 g/mol. The Labute approximate surface area is 184 Å². The molecule has 0 bridgehead atoms. The predicted octanol–water partition coefficient (Wildman–Crippen LogP) is 4.12. The number of hydrogen-bond donors (Lipinski definition) is 3. The Morgan fingerprint density at radius 2 is 2.13 bits per heavy atom. The van der Waals surface area contributed by atoms with Gasteiger partial charge in [0.05, 0.1) is 22.2 Å². The molecule has 2 aliphatic rings. The minimum atomic E-state index is -0.185. The molecule has 8 heteroatoms. The van der Waals surface area contributed by atoms with Gasteiger partial charge in [0, 0.05) is 17.9 Å². The fraction of sp³-hybridized carbons (Fsp3) is 0.409. The van der Waals surface area contributed by atoms with Gasteiger partial charge in [0.1, 0.15) is 10.8 Å². The Kier molecular flexibility index (Phi) is 6.26. The first-order valence-corrected chi connectivity index (χ1v) is 11.8. The van der Waals surface area contributed by atoms with Gasteiger partial charge in [-0.05, 0) is 54.6 Å². The third-order valence-electron chi connectivity index (χ3n) is 5.74. The number of carbonyl (C=O) groups is 1. The highest BCUT2D eigenvalue weighted by Gasteiger charge is 2.38. The number of para-hydroxylation sites is 1. The van der Waals surface area contributed by atoms with Crippen LogP contribution < -0.4 is 5.32 Å². The molecule has 158 valence electrons. The second-order valence-electron chi connectivity index (χ2n) is 8.01. The Balaban J connectivity index is 1.53. The fourth-order valence-electron chi connectivity index (χ4n) is 4.11. The van der Waals surface area contributed by atoms with Crippen LogP contribution in [0.2, 0.25) is 0 Å². The molecule has 0 spiro atoms. The number of phenols is 1. The molecular formula is C22H25N3O3S2. The molecule has 2 aromatic rings. The number of hydrogen-bond acceptors (Lipinski definition) is 7. The number of aliphatic imine (C=N–C) groups is 1. The van der Waals surface area contributed by atoms with E-state index in [9.17, 15) is 15.0 Å². The van der Waals surface area contributed by atoms with Gasteiger partial charge in [-0.1, -0.05) is 26.0 Å². The number of aliphatic hydroxyl groups excluding tert-OH is 1. The highest BCUT2D eigenvalue weighted by Crippen LogP contribution is 2.39. The van der Waals surface area contributed by atoms with Crippen LogP contribution in [0, 0.1) is 17.8 Å². The number of aromatic hydroxyl groups is 1. The lowest BCUT2D eigenvalue weighted by Crippen LogP contribution is -2.29. The van der Waals surface area contributed by atoms with Crippen molar-refractivity contribution >= 4 is 40.2 Å². The smallest absolute Gasteiger partial charge is 0.264 e. The second kappa shape index (κ2) is 8.91. The summed E-state index contributed by atoms with van der Waals surface area (Å²) >= 11 is 2.74. The van der Waals surface area contributed by atoms with Crippen LogP contribution in [0.3, 0.4) is 0 Å². The molecule has 1 aromatic heterocycles. The quantitative estimate of drug-likeness (QED) is 0.604. The summed E-state index contributed by atoms with van der Waals surface area (Å²) in [5.41, 5.74) is 1.35. The standard InChI is InChI=1S/C22H25N3O3S2/c1-12(2)15-8-7-13(10-26)19(15)24-22-25-20(28)18(30-22)9-14-11-29-21(23-14)16-5-3-4-6-17(16)27/h3-6,9,11-13,15,19,26-27H,7-8,10H2,1-2H3,(H,24,25,28)/t13-,15-,19+/m0/s1. The normalized spacial score (nSPS) is 26.8. The zero-order chi connectivity index (χ0) is 21.3. The fourth-order valence-corrected chi connectivity index (χ4v) is 5.78. The minimum Gasteiger partial charge on any atom is -0.507 e. The summed E-state index contributed by atoms with van der Waals surface area (Å²) in [4.78, 5) is 22.4. The molecule has 30 heavy (non-hydrogen) atoms. The first kappa shape index (κ1) is 21.1. The number of aromatic nitrogens is 1. The van der Waals surface area contributed by atoms with E-state index in [4.69, 9.17) is 4.99 Å². The van der Waals surface area contributed by atoms with Crippen molar-refractivity contribution in [2.24, 2.45) is 22.7 Å². The van der Waals surface area contributed by atoms with Crippen molar-refractivity contribution in [3.05, 3.63) is 40.2 Å². The summed E-state index contributed by atoms with van der Waals surface area (Å²) in [5, 5.41) is 25.8. The van der Waals surface area contributed by atoms with E-state index in [1.807, 2.05) is 17.5 Å². The van der Waals surface area contributed by atoms with Crippen LogP contribution in [0.5, 0.6) is 5.75 Å². The minimum absolute atomic E-state index is 0.0316. The van der Waals surface area contributed by atoms with Gasteiger partial charge in [-0.2, -0.15) is 0 Å². The van der Waals surface area contributed by atoms with Gasteiger partial charge in [0.15, 0.2) is 5.17 Å². The monoisotopic (exact) mass is 443 g/mol. The molecule has 3 N–H and O–H groups in total. The molecule has 2 heterocycles. The number of benzene rings is 1. The summed E-state index contributed by atoms with van der Waals surface area (Å²) in [6.45, 7) is 4.50. The topological polar surface area (TPSA) is 94.8 Å². The molecule has 4 rings (SSSR count). The van der Waals surface area contributed by atoms with Crippen LogP contribution >= 0.6 is 23.1 Å². The molecule has 6 nitrogen and oxygen atoms in total. The zero-order valence-corrected chi connectivity index (χ0v) is 18.5. The number of amides is 1. The second-order valence-corrected chi connectivity index (χ2v) is 9.90. The van der Waals surface area contributed by atoms with Crippen molar-refractivity contribution in [3.63, 3.8) is 0 Å². The zero-order valence-electron chi connectivity index (χ0n) is 16.9. The summed E-state index contributed by atoms with van der Waals surface area (Å²) in [6.07, 6.45) is 3.77. The van der Waals surface area contributed by atoms with E-state index in [1.54, 1.807) is 18.2 Å². The van der Waals surface area contributed by atoms with Crippen LogP contribution in [0.15, 0.2) is 39.5 Å². The number of phenolic OH excluding ortho intramolecular Hbond substituents is 1. The maximum Gasteiger partial charge on any atom is 0.264 e. The number of thiazole rings is 1. The van der Waals surface area contributed by atoms with Crippen molar-refractivity contribution < 1.29 is 15.0 Å². The number of carbonyl (C=O) groups excluding carboxylic acids is 1. The summed E-state index contributed by atoms with van der Waals surface area (Å²) in [7, 11) is 0. The Bertz CT molecular complexity index is 999. The lowest BCUT2D eigenvalue weighted by Gasteiger charge is -2.23. The number of thioether (sulfide) groups is 1. The first-order valence-electron chi connectivity index (χ1n) is 10.1. The number of amidine groups is 1. The Morgan fingerprint density at radius 3 is 2.87 bits per heavy atom. The van der Waals surface area contributed by atoms with Crippen molar-refractivity contribution in [2.75, 3.05) is 6.61 Å². The predicted molar refractivity (Wildman–Crippen MR) is 122 cm³/mol. The number of aliphatic hydroxyl groups is 1. The maximum absolute atomic E-state index is 12.5. The Morgan fingerprint density at radius 1 is 1.33 bits per heavy atom. The van der Waals surface area contributed by atoms with Crippen LogP contribution in [0.25, 0.3) is 16.6 Å². The summed E-state index contributed by atoms with van der Waals surface area (Å²) in [5.74, 6) is 1.05. The van der Waals surface area contributed by atoms with Crippen molar-refractivity contribution in [1.29, 1.82) is 0 Å². The summed E-state index contributed by atoms with van der Waals surface area (Å²) < 4.78 is 0. The largest absolute Gasteiger partial charge is 0.507 e. The number of nitrogens with one attached hydrogen (secondary N) is 1. The van der Waals surface area contributed by atoms with Gasteiger partial charge in [-0.25, -0.2) is 4.98 Å². The van der Waals surface area contributed by atoms with Crippen LogP contribution in [0.4, 0.5) is 0 Å². The molecule has 1 aromatic carbocycles. The van der Waals surface area contributed by atoms with Gasteiger partial charge < -0.3 is 15.5 Å². The average Bonchev–Trinajstić information content (AvgIpc) is 3.42. The lowest BCUT2D eigenvalue weighted by molar-refractivity contribution is -0.115. The third-order valence-corrected chi connectivity index (χ3v) is 7.55. The van der Waals surface area contributed by atoms with Crippen LogP contribution in [0.1, 0.15) is 32.4 Å². The molecule has 1 amide bonds. The number of rotatable bonds is 5. The van der Waals surface area contributed by atoms with E-state index in [1.165, 1.54) is 23.1 Å². The van der Waals surface area contributed by atoms with E-state index < -0.39 is 0 Å². The van der Waals surface area contributed by atoms with Crippen LogP contribution in [-0.2, 0) is 4.79 Å². The van der Waals surface area contributed by atoms with Gasteiger partial charge in [-0.3, -0.25) is 9.79 Å². The molecule has 1 aliphatic carbocycles. The molecule has 0 radical (unpaired) electrons. The van der Waals surface area contributed by atoms with E-state index in [-0.39, 0.29) is 30.2 Å². The van der Waals surface area contributed by atoms with Gasteiger partial charge >= 0.3 is 0 Å². The van der Waals surface area contributed by atoms with E-state index in [0.717, 1.165) is 12.8 Å². The third kappa shape index (κ3) is 4.31. The SMILES string of the molecule is CC(C)[C@@H]1CC[C@@H](CO)[C@H]1N=C1NC(=O)C(=Cc2csc(-c3ccccc3O)n2)S1. The van der Waals surface area contributed by atoms with E-state index in [0.29, 0.717) is 38.2 Å². The van der Waals surface area contributed by atoms with Gasteiger partial charge in [0.25, 0.3) is 5.91 Å².